The zero-order chi connectivity index (χ0) is 11.3. The highest BCUT2D eigenvalue weighted by Gasteiger charge is 2.26. The van der Waals surface area contributed by atoms with Gasteiger partial charge in [0, 0.05) is 13.2 Å². The molecular weight excluding hydrogens is 198 g/mol. The lowest BCUT2D eigenvalue weighted by atomic mass is 9.76. The highest BCUT2D eigenvalue weighted by Crippen LogP contribution is 2.34. The molecule has 2 aliphatic rings. The average Bonchev–Trinajstić information content (AvgIpc) is 2.78. The molecule has 2 fully saturated rings. The summed E-state index contributed by atoms with van der Waals surface area (Å²) in [5, 5.41) is 3.64. The van der Waals surface area contributed by atoms with Gasteiger partial charge in [0.1, 0.15) is 0 Å². The van der Waals surface area contributed by atoms with E-state index in [1.54, 1.807) is 0 Å². The topological polar surface area (TPSA) is 21.3 Å². The monoisotopic (exact) mass is 225 g/mol. The Labute approximate surface area is 100 Å². The van der Waals surface area contributed by atoms with Gasteiger partial charge in [0.25, 0.3) is 0 Å². The van der Waals surface area contributed by atoms with E-state index >= 15 is 0 Å². The van der Waals surface area contributed by atoms with Crippen molar-refractivity contribution in [1.82, 2.24) is 5.32 Å². The molecule has 1 heterocycles. The zero-order valence-corrected chi connectivity index (χ0v) is 10.8. The second-order valence-corrected chi connectivity index (χ2v) is 5.97. The van der Waals surface area contributed by atoms with Crippen molar-refractivity contribution < 1.29 is 4.74 Å². The molecule has 1 N–H and O–H groups in total. The Morgan fingerprint density at radius 2 is 2.00 bits per heavy atom. The summed E-state index contributed by atoms with van der Waals surface area (Å²) in [7, 11) is 0. The molecule has 0 aromatic carbocycles. The minimum atomic E-state index is 0.548. The zero-order valence-electron chi connectivity index (χ0n) is 10.8. The van der Waals surface area contributed by atoms with E-state index in [1.807, 2.05) is 0 Å². The largest absolute Gasteiger partial charge is 0.378 e. The molecule has 1 aliphatic carbocycles. The van der Waals surface area contributed by atoms with Crippen molar-refractivity contribution in [1.29, 1.82) is 0 Å². The van der Waals surface area contributed by atoms with Crippen molar-refractivity contribution in [2.75, 3.05) is 19.7 Å². The predicted molar refractivity (Wildman–Crippen MR) is 67.7 cm³/mol. The smallest absolute Gasteiger partial charge is 0.0588 e. The Morgan fingerprint density at radius 3 is 2.69 bits per heavy atom. The van der Waals surface area contributed by atoms with Crippen LogP contribution in [0, 0.1) is 5.41 Å². The third-order valence-electron chi connectivity index (χ3n) is 4.28. The molecule has 0 spiro atoms. The van der Waals surface area contributed by atoms with E-state index < -0.39 is 0 Å². The maximum Gasteiger partial charge on any atom is 0.0588 e. The van der Waals surface area contributed by atoms with Crippen molar-refractivity contribution >= 4 is 0 Å². The second kappa shape index (κ2) is 6.02. The fraction of sp³-hybridized carbons (Fsp3) is 1.00. The molecule has 1 atom stereocenters. The first-order valence-corrected chi connectivity index (χ1v) is 7.11. The molecule has 0 amide bonds. The molecular formula is C14H27NO. The Hall–Kier alpha value is -0.0800. The third kappa shape index (κ3) is 3.74. The quantitative estimate of drug-likeness (QED) is 0.726. The highest BCUT2D eigenvalue weighted by molar-refractivity contribution is 4.80. The predicted octanol–water partition coefficient (Wildman–Crippen LogP) is 3.12. The normalized spacial score (nSPS) is 29.4. The van der Waals surface area contributed by atoms with Gasteiger partial charge in [0.05, 0.1) is 6.10 Å². The second-order valence-electron chi connectivity index (χ2n) is 5.97. The molecule has 16 heavy (non-hydrogen) atoms. The minimum absolute atomic E-state index is 0.548. The Balaban J connectivity index is 1.56. The SMILES string of the molecule is CC1(CNCCC2CCCO2)CCCCC1. The van der Waals surface area contributed by atoms with Crippen LogP contribution >= 0.6 is 0 Å². The summed E-state index contributed by atoms with van der Waals surface area (Å²) in [6.45, 7) is 5.79. The molecule has 1 unspecified atom stereocenters. The molecule has 2 nitrogen and oxygen atoms in total. The lowest BCUT2D eigenvalue weighted by Crippen LogP contribution is -2.34. The van der Waals surface area contributed by atoms with Gasteiger partial charge in [-0.05, 0) is 44.1 Å². The van der Waals surface area contributed by atoms with E-state index in [2.05, 4.69) is 12.2 Å². The van der Waals surface area contributed by atoms with Gasteiger partial charge in [-0.25, -0.2) is 0 Å². The Kier molecular flexibility index (Phi) is 4.66. The molecule has 2 heteroatoms. The fourth-order valence-electron chi connectivity index (χ4n) is 3.11. The maximum absolute atomic E-state index is 5.63. The summed E-state index contributed by atoms with van der Waals surface area (Å²) in [4.78, 5) is 0. The van der Waals surface area contributed by atoms with Crippen LogP contribution in [0.4, 0.5) is 0 Å². The van der Waals surface area contributed by atoms with E-state index in [0.717, 1.165) is 13.2 Å². The number of ether oxygens (including phenoxy) is 1. The number of rotatable bonds is 5. The van der Waals surface area contributed by atoms with Crippen LogP contribution < -0.4 is 5.32 Å². The first kappa shape index (κ1) is 12.4. The third-order valence-corrected chi connectivity index (χ3v) is 4.28. The van der Waals surface area contributed by atoms with Gasteiger partial charge in [-0.1, -0.05) is 26.2 Å². The average molecular weight is 225 g/mol. The van der Waals surface area contributed by atoms with Gasteiger partial charge in [-0.3, -0.25) is 0 Å². The van der Waals surface area contributed by atoms with Crippen molar-refractivity contribution in [3.63, 3.8) is 0 Å². The Morgan fingerprint density at radius 1 is 1.19 bits per heavy atom. The van der Waals surface area contributed by atoms with Crippen LogP contribution in [0.1, 0.15) is 58.3 Å². The van der Waals surface area contributed by atoms with E-state index in [-0.39, 0.29) is 0 Å². The maximum atomic E-state index is 5.63. The van der Waals surface area contributed by atoms with Crippen LogP contribution in [-0.4, -0.2) is 25.8 Å². The summed E-state index contributed by atoms with van der Waals surface area (Å²) < 4.78 is 5.63. The van der Waals surface area contributed by atoms with E-state index in [0.29, 0.717) is 11.5 Å². The van der Waals surface area contributed by atoms with Crippen molar-refractivity contribution in [3.05, 3.63) is 0 Å². The minimum Gasteiger partial charge on any atom is -0.378 e. The molecule has 1 aliphatic heterocycles. The molecule has 1 saturated carbocycles. The molecule has 0 aromatic rings. The lowest BCUT2D eigenvalue weighted by Gasteiger charge is -2.34. The molecule has 1 saturated heterocycles. The van der Waals surface area contributed by atoms with Crippen LogP contribution in [0.5, 0.6) is 0 Å². The van der Waals surface area contributed by atoms with Crippen molar-refractivity contribution in [3.8, 4) is 0 Å². The van der Waals surface area contributed by atoms with Gasteiger partial charge < -0.3 is 10.1 Å². The lowest BCUT2D eigenvalue weighted by molar-refractivity contribution is 0.102. The number of hydrogen-bond acceptors (Lipinski definition) is 2. The summed E-state index contributed by atoms with van der Waals surface area (Å²) in [6.07, 6.45) is 11.4. The molecule has 0 radical (unpaired) electrons. The summed E-state index contributed by atoms with van der Waals surface area (Å²) in [5.41, 5.74) is 0.578. The number of nitrogens with one attached hydrogen (secondary N) is 1. The van der Waals surface area contributed by atoms with Gasteiger partial charge in [0.2, 0.25) is 0 Å². The van der Waals surface area contributed by atoms with Crippen LogP contribution in [0.3, 0.4) is 0 Å². The van der Waals surface area contributed by atoms with Crippen LogP contribution in [0.2, 0.25) is 0 Å². The van der Waals surface area contributed by atoms with E-state index in [9.17, 15) is 0 Å². The standard InChI is InChI=1S/C14H27NO/c1-14(8-3-2-4-9-14)12-15-10-7-13-6-5-11-16-13/h13,15H,2-12H2,1H3. The van der Waals surface area contributed by atoms with Crippen LogP contribution in [0.15, 0.2) is 0 Å². The van der Waals surface area contributed by atoms with Crippen molar-refractivity contribution in [2.24, 2.45) is 5.41 Å². The highest BCUT2D eigenvalue weighted by atomic mass is 16.5. The van der Waals surface area contributed by atoms with E-state index in [4.69, 9.17) is 4.74 Å². The summed E-state index contributed by atoms with van der Waals surface area (Å²) in [5.74, 6) is 0. The molecule has 0 bridgehead atoms. The van der Waals surface area contributed by atoms with E-state index in [1.165, 1.54) is 57.9 Å². The first-order valence-electron chi connectivity index (χ1n) is 7.11. The van der Waals surface area contributed by atoms with Crippen molar-refractivity contribution in [2.45, 2.75) is 64.4 Å². The van der Waals surface area contributed by atoms with Gasteiger partial charge >= 0.3 is 0 Å². The van der Waals surface area contributed by atoms with Crippen LogP contribution in [-0.2, 0) is 4.74 Å². The summed E-state index contributed by atoms with van der Waals surface area (Å²) >= 11 is 0. The van der Waals surface area contributed by atoms with Gasteiger partial charge in [-0.2, -0.15) is 0 Å². The van der Waals surface area contributed by atoms with Crippen LogP contribution in [0.25, 0.3) is 0 Å². The fourth-order valence-corrected chi connectivity index (χ4v) is 3.11. The van der Waals surface area contributed by atoms with Gasteiger partial charge in [-0.15, -0.1) is 0 Å². The molecule has 2 rings (SSSR count). The molecule has 0 aromatic heterocycles. The summed E-state index contributed by atoms with van der Waals surface area (Å²) in [6, 6.07) is 0. The molecule has 94 valence electrons. The van der Waals surface area contributed by atoms with Gasteiger partial charge in [0.15, 0.2) is 0 Å². The Bertz CT molecular complexity index is 193. The number of hydrogen-bond donors (Lipinski definition) is 1. The first-order chi connectivity index (χ1) is 7.79.